The summed E-state index contributed by atoms with van der Waals surface area (Å²) >= 11 is 0. The predicted molar refractivity (Wildman–Crippen MR) is 96.1 cm³/mol. The van der Waals surface area contributed by atoms with E-state index in [1.807, 2.05) is 30.3 Å². The molecule has 0 spiro atoms. The summed E-state index contributed by atoms with van der Waals surface area (Å²) < 4.78 is 0. The van der Waals surface area contributed by atoms with Crippen LogP contribution in [0.1, 0.15) is 21.6 Å². The summed E-state index contributed by atoms with van der Waals surface area (Å²) in [6.45, 7) is 1.16. The quantitative estimate of drug-likeness (QED) is 0.694. The molecule has 0 fully saturated rings. The van der Waals surface area contributed by atoms with E-state index in [1.54, 1.807) is 18.6 Å². The monoisotopic (exact) mass is 333 g/mol. The van der Waals surface area contributed by atoms with Gasteiger partial charge in [-0.05, 0) is 23.6 Å². The Kier molecular flexibility index (Phi) is 5.66. The Morgan fingerprint density at radius 1 is 0.920 bits per heavy atom. The first-order valence-electron chi connectivity index (χ1n) is 8.08. The van der Waals surface area contributed by atoms with E-state index in [2.05, 4.69) is 37.7 Å². The molecule has 0 atom stereocenters. The molecule has 6 nitrogen and oxygen atoms in total. The van der Waals surface area contributed by atoms with E-state index in [4.69, 9.17) is 0 Å². The van der Waals surface area contributed by atoms with E-state index >= 15 is 0 Å². The number of aromatic nitrogens is 3. The molecule has 2 N–H and O–H groups in total. The van der Waals surface area contributed by atoms with Gasteiger partial charge in [0.05, 0.1) is 12.4 Å². The van der Waals surface area contributed by atoms with E-state index < -0.39 is 0 Å². The smallest absolute Gasteiger partial charge is 0.271 e. The Morgan fingerprint density at radius 3 is 2.48 bits per heavy atom. The fraction of sp³-hybridized carbons (Fsp3) is 0.158. The van der Waals surface area contributed by atoms with Crippen molar-refractivity contribution in [1.29, 1.82) is 0 Å². The molecule has 126 valence electrons. The highest BCUT2D eigenvalue weighted by atomic mass is 16.1. The Morgan fingerprint density at radius 2 is 1.76 bits per heavy atom. The summed E-state index contributed by atoms with van der Waals surface area (Å²) in [5, 5.41) is 6.00. The lowest BCUT2D eigenvalue weighted by atomic mass is 10.1. The summed E-state index contributed by atoms with van der Waals surface area (Å²) in [5.74, 6) is 0.395. The van der Waals surface area contributed by atoms with Crippen molar-refractivity contribution in [3.05, 3.63) is 84.1 Å². The van der Waals surface area contributed by atoms with Crippen LogP contribution in [-0.2, 0) is 13.0 Å². The third kappa shape index (κ3) is 5.10. The molecule has 1 amide bonds. The molecular formula is C19H19N5O. The van der Waals surface area contributed by atoms with E-state index in [1.165, 1.54) is 11.8 Å². The molecular weight excluding hydrogens is 314 g/mol. The Balaban J connectivity index is 1.47. The summed E-state index contributed by atoms with van der Waals surface area (Å²) in [7, 11) is 0. The van der Waals surface area contributed by atoms with Crippen LogP contribution in [0, 0.1) is 0 Å². The van der Waals surface area contributed by atoms with Gasteiger partial charge in [0, 0.05) is 25.5 Å². The summed E-state index contributed by atoms with van der Waals surface area (Å²) in [6, 6.07) is 13.9. The lowest BCUT2D eigenvalue weighted by Crippen LogP contribution is -2.24. The molecule has 3 aromatic rings. The average molecular weight is 333 g/mol. The highest BCUT2D eigenvalue weighted by molar-refractivity contribution is 5.91. The molecule has 0 saturated carbocycles. The van der Waals surface area contributed by atoms with Gasteiger partial charge in [-0.1, -0.05) is 36.4 Å². The van der Waals surface area contributed by atoms with Crippen molar-refractivity contribution in [3.8, 4) is 0 Å². The predicted octanol–water partition coefficient (Wildman–Crippen LogP) is 2.46. The third-order valence-corrected chi connectivity index (χ3v) is 3.62. The van der Waals surface area contributed by atoms with Crippen LogP contribution in [0.2, 0.25) is 0 Å². The van der Waals surface area contributed by atoms with Crippen LogP contribution >= 0.6 is 0 Å². The zero-order chi connectivity index (χ0) is 17.3. The normalized spacial score (nSPS) is 10.2. The van der Waals surface area contributed by atoms with Crippen LogP contribution in [0.15, 0.2) is 67.3 Å². The molecule has 0 saturated heterocycles. The summed E-state index contributed by atoms with van der Waals surface area (Å²) in [6.07, 6.45) is 7.36. The van der Waals surface area contributed by atoms with Gasteiger partial charge in [0.2, 0.25) is 0 Å². The number of carbonyl (C=O) groups excluding carboxylic acids is 1. The second-order valence-corrected chi connectivity index (χ2v) is 5.49. The lowest BCUT2D eigenvalue weighted by Gasteiger charge is -2.07. The van der Waals surface area contributed by atoms with Crippen molar-refractivity contribution in [1.82, 2.24) is 20.3 Å². The van der Waals surface area contributed by atoms with Crippen molar-refractivity contribution < 1.29 is 4.79 Å². The van der Waals surface area contributed by atoms with Gasteiger partial charge in [0.15, 0.2) is 0 Å². The number of hydrogen-bond acceptors (Lipinski definition) is 5. The van der Waals surface area contributed by atoms with Gasteiger partial charge in [-0.2, -0.15) is 0 Å². The first kappa shape index (κ1) is 16.6. The Labute approximate surface area is 146 Å². The van der Waals surface area contributed by atoms with Gasteiger partial charge in [-0.25, -0.2) is 9.97 Å². The molecule has 2 aromatic heterocycles. The Hall–Kier alpha value is -3.28. The number of pyridine rings is 1. The van der Waals surface area contributed by atoms with Gasteiger partial charge in [-0.3, -0.25) is 9.78 Å². The van der Waals surface area contributed by atoms with E-state index in [0.29, 0.717) is 12.4 Å². The summed E-state index contributed by atoms with van der Waals surface area (Å²) in [5.41, 5.74) is 2.48. The highest BCUT2D eigenvalue weighted by Crippen LogP contribution is 2.04. The lowest BCUT2D eigenvalue weighted by molar-refractivity contribution is 0.0945. The van der Waals surface area contributed by atoms with Crippen molar-refractivity contribution in [3.63, 3.8) is 0 Å². The average Bonchev–Trinajstić information content (AvgIpc) is 2.68. The number of amides is 1. The van der Waals surface area contributed by atoms with Gasteiger partial charge in [-0.15, -0.1) is 0 Å². The number of hydrogen-bond donors (Lipinski definition) is 2. The molecule has 25 heavy (non-hydrogen) atoms. The molecule has 6 heteroatoms. The third-order valence-electron chi connectivity index (χ3n) is 3.62. The van der Waals surface area contributed by atoms with Crippen LogP contribution in [0.25, 0.3) is 0 Å². The maximum absolute atomic E-state index is 12.1. The van der Waals surface area contributed by atoms with Crippen molar-refractivity contribution in [2.45, 2.75) is 13.0 Å². The fourth-order valence-corrected chi connectivity index (χ4v) is 2.29. The number of nitrogens with zero attached hydrogens (tertiary/aromatic N) is 3. The second kappa shape index (κ2) is 8.54. The molecule has 0 radical (unpaired) electrons. The number of rotatable bonds is 7. The highest BCUT2D eigenvalue weighted by Gasteiger charge is 2.07. The molecule has 0 aliphatic rings. The molecule has 0 aliphatic carbocycles. The number of nitrogens with one attached hydrogen (secondary N) is 2. The van der Waals surface area contributed by atoms with Crippen molar-refractivity contribution in [2.24, 2.45) is 0 Å². The number of carbonyl (C=O) groups is 1. The first-order chi connectivity index (χ1) is 12.3. The maximum atomic E-state index is 12.1. The van der Waals surface area contributed by atoms with Crippen LogP contribution in [-0.4, -0.2) is 27.4 Å². The number of anilines is 1. The Bertz CT molecular complexity index is 791. The van der Waals surface area contributed by atoms with E-state index in [9.17, 15) is 4.79 Å². The first-order valence-corrected chi connectivity index (χ1v) is 8.08. The SMILES string of the molecule is O=C(NCc1cccnc1)c1cnc(NCCc2ccccc2)cn1. The van der Waals surface area contributed by atoms with Gasteiger partial charge in [0.1, 0.15) is 11.5 Å². The molecule has 1 aromatic carbocycles. The van der Waals surface area contributed by atoms with Crippen LogP contribution in [0.5, 0.6) is 0 Å². The standard InChI is InChI=1S/C19H19N5O/c25-19(24-12-16-7-4-9-20-11-16)17-13-23-18(14-22-17)21-10-8-15-5-2-1-3-6-15/h1-7,9,11,13-14H,8,10,12H2,(H,21,23)(H,24,25). The fourth-order valence-electron chi connectivity index (χ4n) is 2.29. The largest absolute Gasteiger partial charge is 0.368 e. The molecule has 0 aliphatic heterocycles. The van der Waals surface area contributed by atoms with Crippen LogP contribution in [0.3, 0.4) is 0 Å². The van der Waals surface area contributed by atoms with E-state index in [0.717, 1.165) is 18.5 Å². The molecule has 3 rings (SSSR count). The second-order valence-electron chi connectivity index (χ2n) is 5.49. The maximum Gasteiger partial charge on any atom is 0.271 e. The van der Waals surface area contributed by atoms with Crippen molar-refractivity contribution in [2.75, 3.05) is 11.9 Å². The van der Waals surface area contributed by atoms with Crippen LogP contribution in [0.4, 0.5) is 5.82 Å². The van der Waals surface area contributed by atoms with E-state index in [-0.39, 0.29) is 11.6 Å². The topological polar surface area (TPSA) is 79.8 Å². The van der Waals surface area contributed by atoms with Crippen LogP contribution < -0.4 is 10.6 Å². The minimum Gasteiger partial charge on any atom is -0.368 e. The molecule has 2 heterocycles. The molecule has 0 unspecified atom stereocenters. The van der Waals surface area contributed by atoms with Gasteiger partial charge < -0.3 is 10.6 Å². The molecule has 0 bridgehead atoms. The van der Waals surface area contributed by atoms with Crippen molar-refractivity contribution >= 4 is 11.7 Å². The summed E-state index contributed by atoms with van der Waals surface area (Å²) in [4.78, 5) is 24.5. The zero-order valence-electron chi connectivity index (χ0n) is 13.7. The minimum atomic E-state index is -0.257. The van der Waals surface area contributed by atoms with Gasteiger partial charge in [0.25, 0.3) is 5.91 Å². The van der Waals surface area contributed by atoms with Gasteiger partial charge >= 0.3 is 0 Å². The minimum absolute atomic E-state index is 0.257. The number of benzene rings is 1. The zero-order valence-corrected chi connectivity index (χ0v) is 13.7.